The number of likely N-dealkylation sites (N-methyl/N-ethyl adjacent to an activating group) is 1. The minimum Gasteiger partial charge on any atom is -0.545 e. The maximum atomic E-state index is 12.9. The Balaban J connectivity index is 4.10. The van der Waals surface area contributed by atoms with Crippen molar-refractivity contribution in [2.24, 2.45) is 0 Å². The lowest BCUT2D eigenvalue weighted by atomic mass is 10.0. The van der Waals surface area contributed by atoms with E-state index >= 15 is 0 Å². The fraction of sp³-hybridized carbons (Fsp3) is 0.671. The molecule has 450 valence electrons. The van der Waals surface area contributed by atoms with Crippen LogP contribution in [0.5, 0.6) is 0 Å². The monoisotopic (exact) mass is 1100 g/mol. The van der Waals surface area contributed by atoms with E-state index in [-0.39, 0.29) is 38.6 Å². The highest BCUT2D eigenvalue weighted by Crippen LogP contribution is 2.16. The first-order chi connectivity index (χ1) is 38.6. The number of allylic oxidation sites excluding steroid dienone is 20. The number of rotatable bonds is 57. The van der Waals surface area contributed by atoms with E-state index in [4.69, 9.17) is 18.9 Å². The van der Waals surface area contributed by atoms with Crippen LogP contribution in [0, 0.1) is 0 Å². The average Bonchev–Trinajstić information content (AvgIpc) is 3.42. The van der Waals surface area contributed by atoms with Gasteiger partial charge in [0.05, 0.1) is 40.3 Å². The first-order valence-electron chi connectivity index (χ1n) is 31.7. The van der Waals surface area contributed by atoms with Crippen molar-refractivity contribution in [1.82, 2.24) is 0 Å². The van der Waals surface area contributed by atoms with Crippen molar-refractivity contribution in [2.75, 3.05) is 47.5 Å². The zero-order valence-corrected chi connectivity index (χ0v) is 51.2. The normalized spacial score (nSPS) is 13.6. The fourth-order valence-corrected chi connectivity index (χ4v) is 8.35. The van der Waals surface area contributed by atoms with Gasteiger partial charge >= 0.3 is 11.9 Å². The van der Waals surface area contributed by atoms with Gasteiger partial charge in [0.2, 0.25) is 0 Å². The Morgan fingerprint density at radius 3 is 1.08 bits per heavy atom. The molecule has 0 saturated heterocycles. The molecule has 0 aromatic carbocycles. The van der Waals surface area contributed by atoms with Crippen LogP contribution in [0.2, 0.25) is 0 Å². The minimum atomic E-state index is -1.63. The van der Waals surface area contributed by atoms with Gasteiger partial charge in [0.1, 0.15) is 13.2 Å². The molecule has 0 rings (SSSR count). The van der Waals surface area contributed by atoms with Crippen LogP contribution in [0.3, 0.4) is 0 Å². The number of aliphatic carboxylic acids is 1. The van der Waals surface area contributed by atoms with E-state index in [0.717, 1.165) is 116 Å². The quantitative estimate of drug-likeness (QED) is 0.0195. The number of carboxylic acid groups (broad SMARTS) is 1. The van der Waals surface area contributed by atoms with Gasteiger partial charge in [-0.1, -0.05) is 245 Å². The van der Waals surface area contributed by atoms with Gasteiger partial charge in [-0.05, 0) is 109 Å². The van der Waals surface area contributed by atoms with Gasteiger partial charge in [-0.2, -0.15) is 0 Å². The number of ether oxygens (including phenoxy) is 4. The van der Waals surface area contributed by atoms with Crippen LogP contribution >= 0.6 is 0 Å². The van der Waals surface area contributed by atoms with Crippen molar-refractivity contribution in [2.45, 2.75) is 257 Å². The van der Waals surface area contributed by atoms with Crippen LogP contribution in [0.1, 0.15) is 245 Å². The summed E-state index contributed by atoms with van der Waals surface area (Å²) in [6.45, 7) is 4.58. The molecule has 2 atom stereocenters. The molecular weight excluding hydrogens is 983 g/mol. The molecule has 0 heterocycles. The summed E-state index contributed by atoms with van der Waals surface area (Å²) < 4.78 is 22.7. The molecule has 9 nitrogen and oxygen atoms in total. The summed E-state index contributed by atoms with van der Waals surface area (Å²) in [5, 5.41) is 11.8. The number of hydrogen-bond acceptors (Lipinski definition) is 8. The van der Waals surface area contributed by atoms with Crippen molar-refractivity contribution in [1.29, 1.82) is 0 Å². The molecule has 0 N–H and O–H groups in total. The number of carboxylic acids is 1. The van der Waals surface area contributed by atoms with E-state index < -0.39 is 24.3 Å². The summed E-state index contributed by atoms with van der Waals surface area (Å²) in [7, 11) is 5.91. The molecular formula is C70H117NO8. The summed E-state index contributed by atoms with van der Waals surface area (Å²) in [6.07, 6.45) is 81.2. The van der Waals surface area contributed by atoms with Gasteiger partial charge in [0, 0.05) is 12.8 Å². The zero-order chi connectivity index (χ0) is 57.6. The molecule has 0 aromatic rings. The standard InChI is InChI=1S/C70H117NO8/c1-6-8-10-12-14-16-18-20-22-23-24-25-26-27-28-29-30-31-32-33-34-35-36-37-38-39-40-41-42-43-44-45-47-49-51-53-55-57-59-61-68(73)79-66(65-78-70(69(74)75)76-63-62-71(3,4)5)64-77-67(72)60-58-56-54-52-50-48-46-21-19-17-15-13-11-9-7-2/h8,10,14-17,20-22,24-25,27-28,30-31,33-34,36-37,46,66,70H,6-7,9,11-13,18-19,23,26,29,32,35,38-45,47-65H2,1-5H3/b10-8-,16-14-,17-15-,22-20-,25-24-,28-27-,31-30-,34-33-,37-36-,46-21-. The molecule has 0 radical (unpaired) electrons. The van der Waals surface area contributed by atoms with E-state index in [9.17, 15) is 19.5 Å². The van der Waals surface area contributed by atoms with Crippen molar-refractivity contribution >= 4 is 17.9 Å². The maximum Gasteiger partial charge on any atom is 0.306 e. The Hall–Kier alpha value is -4.31. The first kappa shape index (κ1) is 74.7. The van der Waals surface area contributed by atoms with Crippen LogP contribution in [-0.4, -0.2) is 82.3 Å². The fourth-order valence-electron chi connectivity index (χ4n) is 8.35. The second kappa shape index (κ2) is 59.8. The molecule has 0 aliphatic rings. The van der Waals surface area contributed by atoms with Crippen LogP contribution in [0.15, 0.2) is 122 Å². The molecule has 79 heavy (non-hydrogen) atoms. The van der Waals surface area contributed by atoms with Crippen LogP contribution in [0.25, 0.3) is 0 Å². The van der Waals surface area contributed by atoms with E-state index in [1.807, 2.05) is 21.1 Å². The Morgan fingerprint density at radius 1 is 0.392 bits per heavy atom. The third-order valence-electron chi connectivity index (χ3n) is 13.2. The third-order valence-corrected chi connectivity index (χ3v) is 13.2. The van der Waals surface area contributed by atoms with Crippen molar-refractivity contribution in [3.63, 3.8) is 0 Å². The number of nitrogens with zero attached hydrogens (tertiary/aromatic N) is 1. The average molecular weight is 1100 g/mol. The molecule has 9 heteroatoms. The van der Waals surface area contributed by atoms with Crippen LogP contribution < -0.4 is 5.11 Å². The van der Waals surface area contributed by atoms with Crippen molar-refractivity contribution < 1.29 is 42.9 Å². The summed E-state index contributed by atoms with van der Waals surface area (Å²) >= 11 is 0. The van der Waals surface area contributed by atoms with Crippen LogP contribution in [0.4, 0.5) is 0 Å². The molecule has 0 saturated carbocycles. The Morgan fingerprint density at radius 2 is 0.722 bits per heavy atom. The van der Waals surface area contributed by atoms with Gasteiger partial charge in [0.25, 0.3) is 0 Å². The molecule has 0 aliphatic carbocycles. The largest absolute Gasteiger partial charge is 0.545 e. The van der Waals surface area contributed by atoms with Crippen LogP contribution in [-0.2, 0) is 33.3 Å². The maximum absolute atomic E-state index is 12.9. The lowest BCUT2D eigenvalue weighted by Crippen LogP contribution is -2.44. The van der Waals surface area contributed by atoms with E-state index in [1.165, 1.54) is 96.3 Å². The summed E-state index contributed by atoms with van der Waals surface area (Å²) in [4.78, 5) is 37.3. The van der Waals surface area contributed by atoms with E-state index in [1.54, 1.807) is 0 Å². The van der Waals surface area contributed by atoms with Gasteiger partial charge in [0.15, 0.2) is 12.4 Å². The highest BCUT2D eigenvalue weighted by Gasteiger charge is 2.22. The third kappa shape index (κ3) is 61.2. The Bertz CT molecular complexity index is 1710. The summed E-state index contributed by atoms with van der Waals surface area (Å²) in [5.41, 5.74) is 0. The van der Waals surface area contributed by atoms with Crippen molar-refractivity contribution in [3.05, 3.63) is 122 Å². The predicted octanol–water partition coefficient (Wildman–Crippen LogP) is 17.9. The number of carbonyl (C=O) groups is 3. The van der Waals surface area contributed by atoms with E-state index in [2.05, 4.69) is 135 Å². The molecule has 0 spiro atoms. The second-order valence-corrected chi connectivity index (χ2v) is 22.0. The molecule has 0 fully saturated rings. The van der Waals surface area contributed by atoms with E-state index in [0.29, 0.717) is 17.4 Å². The van der Waals surface area contributed by atoms with Gasteiger partial charge in [-0.15, -0.1) is 0 Å². The topological polar surface area (TPSA) is 111 Å². The smallest absolute Gasteiger partial charge is 0.306 e. The molecule has 0 bridgehead atoms. The molecule has 0 aliphatic heterocycles. The van der Waals surface area contributed by atoms with Gasteiger partial charge in [-0.25, -0.2) is 0 Å². The minimum absolute atomic E-state index is 0.141. The lowest BCUT2D eigenvalue weighted by Gasteiger charge is -2.26. The number of hydrogen-bond donors (Lipinski definition) is 0. The number of unbranched alkanes of at least 4 members (excludes halogenated alkanes) is 22. The van der Waals surface area contributed by atoms with Crippen molar-refractivity contribution in [3.8, 4) is 0 Å². The van der Waals surface area contributed by atoms with Gasteiger partial charge < -0.3 is 33.3 Å². The summed E-state index contributed by atoms with van der Waals surface area (Å²) in [6, 6.07) is 0. The number of esters is 2. The SMILES string of the molecule is CC/C=C\C/C=C\C/C=C\C/C=C\C/C=C\C/C=C\C/C=C\C/C=C\CCCCCCCCCCCCCCCCC(=O)OC(COC(=O)CCCCCCC/C=C\C/C=C\CCCCC)COC(OCC[N+](C)(C)C)C(=O)[O-]. The second-order valence-electron chi connectivity index (χ2n) is 22.0. The highest BCUT2D eigenvalue weighted by atomic mass is 16.7. The Kier molecular flexibility index (Phi) is 56.5. The number of carbonyl (C=O) groups excluding carboxylic acids is 3. The summed E-state index contributed by atoms with van der Waals surface area (Å²) in [5.74, 6) is -2.31. The van der Waals surface area contributed by atoms with Gasteiger partial charge in [-0.3, -0.25) is 9.59 Å². The molecule has 0 amide bonds. The number of quaternary nitrogens is 1. The predicted molar refractivity (Wildman–Crippen MR) is 333 cm³/mol. The zero-order valence-electron chi connectivity index (χ0n) is 51.2. The lowest BCUT2D eigenvalue weighted by molar-refractivity contribution is -0.870. The molecule has 2 unspecified atom stereocenters. The highest BCUT2D eigenvalue weighted by molar-refractivity contribution is 5.70. The first-order valence-corrected chi connectivity index (χ1v) is 31.7. The molecule has 0 aromatic heterocycles. The Labute approximate surface area is 485 Å².